The van der Waals surface area contributed by atoms with E-state index in [1.807, 2.05) is 24.3 Å². The third-order valence-electron chi connectivity index (χ3n) is 4.01. The second-order valence-corrected chi connectivity index (χ2v) is 5.35. The zero-order chi connectivity index (χ0) is 16.0. The molecule has 1 N–H and O–H groups in total. The lowest BCUT2D eigenvalue weighted by Gasteiger charge is -2.14. The van der Waals surface area contributed by atoms with E-state index in [1.54, 1.807) is 0 Å². The fourth-order valence-corrected chi connectivity index (χ4v) is 2.91. The summed E-state index contributed by atoms with van der Waals surface area (Å²) in [6.45, 7) is 0. The first kappa shape index (κ1) is 13.4. The number of nitro groups is 1. The Balaban J connectivity index is 1.84. The van der Waals surface area contributed by atoms with Gasteiger partial charge in [-0.1, -0.05) is 24.3 Å². The van der Waals surface area contributed by atoms with Crippen molar-refractivity contribution in [2.24, 2.45) is 0 Å². The highest BCUT2D eigenvalue weighted by Crippen LogP contribution is 2.40. The molecule has 2 heterocycles. The van der Waals surface area contributed by atoms with E-state index in [0.717, 1.165) is 30.3 Å². The van der Waals surface area contributed by atoms with Crippen LogP contribution in [-0.4, -0.2) is 24.8 Å². The summed E-state index contributed by atoms with van der Waals surface area (Å²) in [6, 6.07) is 10.7. The van der Waals surface area contributed by atoms with E-state index >= 15 is 0 Å². The SMILES string of the molecule is O=[N+]([O-])c1ccc(-n2nc3c(c2O)-c2ccccc2CC3)nc1. The van der Waals surface area contributed by atoms with Gasteiger partial charge in [0.25, 0.3) is 5.69 Å². The van der Waals surface area contributed by atoms with Gasteiger partial charge in [0.2, 0.25) is 5.88 Å². The van der Waals surface area contributed by atoms with Gasteiger partial charge in [-0.15, -0.1) is 0 Å². The molecule has 7 nitrogen and oxygen atoms in total. The molecule has 2 aromatic heterocycles. The van der Waals surface area contributed by atoms with Crippen LogP contribution in [0.25, 0.3) is 16.9 Å². The summed E-state index contributed by atoms with van der Waals surface area (Å²) in [5.41, 5.74) is 3.56. The van der Waals surface area contributed by atoms with Crippen LogP contribution in [0.15, 0.2) is 42.6 Å². The maximum absolute atomic E-state index is 10.7. The smallest absolute Gasteiger partial charge is 0.287 e. The third-order valence-corrected chi connectivity index (χ3v) is 4.01. The Morgan fingerprint density at radius 2 is 2.00 bits per heavy atom. The molecule has 0 unspecified atom stereocenters. The van der Waals surface area contributed by atoms with Crippen molar-refractivity contribution >= 4 is 5.69 Å². The topological polar surface area (TPSA) is 94.1 Å². The Bertz CT molecular complexity index is 916. The number of aromatic nitrogens is 3. The fourth-order valence-electron chi connectivity index (χ4n) is 2.91. The molecule has 23 heavy (non-hydrogen) atoms. The molecule has 0 radical (unpaired) electrons. The highest BCUT2D eigenvalue weighted by molar-refractivity contribution is 5.76. The molecule has 0 saturated carbocycles. The van der Waals surface area contributed by atoms with Gasteiger partial charge in [-0.2, -0.15) is 9.78 Å². The van der Waals surface area contributed by atoms with Gasteiger partial charge in [-0.05, 0) is 30.0 Å². The molecule has 0 saturated heterocycles. The normalized spacial score (nSPS) is 12.5. The van der Waals surface area contributed by atoms with E-state index in [-0.39, 0.29) is 11.6 Å². The van der Waals surface area contributed by atoms with Gasteiger partial charge in [-0.3, -0.25) is 10.1 Å². The van der Waals surface area contributed by atoms with E-state index in [1.165, 1.54) is 22.4 Å². The van der Waals surface area contributed by atoms with E-state index in [9.17, 15) is 15.2 Å². The summed E-state index contributed by atoms with van der Waals surface area (Å²) < 4.78 is 1.33. The van der Waals surface area contributed by atoms with Crippen LogP contribution in [0, 0.1) is 10.1 Å². The van der Waals surface area contributed by atoms with Gasteiger partial charge in [0.05, 0.1) is 16.2 Å². The van der Waals surface area contributed by atoms with Crippen molar-refractivity contribution in [2.75, 3.05) is 0 Å². The van der Waals surface area contributed by atoms with Crippen LogP contribution in [0.5, 0.6) is 5.88 Å². The number of benzene rings is 1. The van der Waals surface area contributed by atoms with Gasteiger partial charge in [-0.25, -0.2) is 4.98 Å². The standard InChI is InChI=1S/C16H12N4O3/c21-16-15-12-4-2-1-3-10(12)5-7-13(15)18-19(16)14-8-6-11(9-17-14)20(22)23/h1-4,6,8-9,21H,5,7H2. The predicted molar refractivity (Wildman–Crippen MR) is 82.5 cm³/mol. The summed E-state index contributed by atoms with van der Waals surface area (Å²) in [7, 11) is 0. The summed E-state index contributed by atoms with van der Waals surface area (Å²) in [4.78, 5) is 14.2. The minimum atomic E-state index is -0.513. The number of fused-ring (bicyclic) bond motifs is 3. The van der Waals surface area contributed by atoms with Crippen molar-refractivity contribution < 1.29 is 10.0 Å². The number of hydrogen-bond acceptors (Lipinski definition) is 5. The molecular weight excluding hydrogens is 296 g/mol. The monoisotopic (exact) mass is 308 g/mol. The van der Waals surface area contributed by atoms with Crippen molar-refractivity contribution in [2.45, 2.75) is 12.8 Å². The second kappa shape index (κ2) is 4.91. The number of aromatic hydroxyl groups is 1. The molecule has 3 aromatic rings. The van der Waals surface area contributed by atoms with Crippen LogP contribution in [0.3, 0.4) is 0 Å². The maximum Gasteiger partial charge on any atom is 0.287 e. The molecule has 4 rings (SSSR count). The molecule has 1 aliphatic carbocycles. The number of pyridine rings is 1. The van der Waals surface area contributed by atoms with Crippen molar-refractivity contribution in [1.82, 2.24) is 14.8 Å². The quantitative estimate of drug-likeness (QED) is 0.580. The molecule has 0 aliphatic heterocycles. The average Bonchev–Trinajstić information content (AvgIpc) is 2.92. The van der Waals surface area contributed by atoms with Crippen LogP contribution >= 0.6 is 0 Å². The van der Waals surface area contributed by atoms with Crippen LogP contribution in [0.2, 0.25) is 0 Å². The number of rotatable bonds is 2. The highest BCUT2D eigenvalue weighted by Gasteiger charge is 2.25. The lowest BCUT2D eigenvalue weighted by atomic mass is 9.90. The van der Waals surface area contributed by atoms with Gasteiger partial charge < -0.3 is 5.11 Å². The van der Waals surface area contributed by atoms with Crippen molar-refractivity contribution in [3.8, 4) is 22.8 Å². The predicted octanol–water partition coefficient (Wildman–Crippen LogP) is 2.65. The van der Waals surface area contributed by atoms with Crippen molar-refractivity contribution in [3.63, 3.8) is 0 Å². The van der Waals surface area contributed by atoms with E-state index in [4.69, 9.17) is 0 Å². The molecule has 0 spiro atoms. The van der Waals surface area contributed by atoms with Gasteiger partial charge in [0.1, 0.15) is 6.20 Å². The molecule has 0 amide bonds. The summed E-state index contributed by atoms with van der Waals surface area (Å²) in [5, 5.41) is 25.7. The summed E-state index contributed by atoms with van der Waals surface area (Å²) >= 11 is 0. The largest absolute Gasteiger partial charge is 0.493 e. The zero-order valence-corrected chi connectivity index (χ0v) is 12.0. The lowest BCUT2D eigenvalue weighted by Crippen LogP contribution is -2.03. The summed E-state index contributed by atoms with van der Waals surface area (Å²) in [5.74, 6) is 0.355. The molecular formula is C16H12N4O3. The van der Waals surface area contributed by atoms with E-state index in [0.29, 0.717) is 11.4 Å². The molecule has 7 heteroatoms. The highest BCUT2D eigenvalue weighted by atomic mass is 16.6. The molecule has 0 fully saturated rings. The lowest BCUT2D eigenvalue weighted by molar-refractivity contribution is -0.385. The van der Waals surface area contributed by atoms with Crippen molar-refractivity contribution in [3.05, 3.63) is 64.0 Å². The molecule has 0 bridgehead atoms. The van der Waals surface area contributed by atoms with Crippen LogP contribution in [0.1, 0.15) is 11.3 Å². The fraction of sp³-hybridized carbons (Fsp3) is 0.125. The average molecular weight is 308 g/mol. The van der Waals surface area contributed by atoms with Crippen LogP contribution in [0.4, 0.5) is 5.69 Å². The van der Waals surface area contributed by atoms with Gasteiger partial charge in [0.15, 0.2) is 5.82 Å². The Hall–Kier alpha value is -3.22. The van der Waals surface area contributed by atoms with Gasteiger partial charge in [0, 0.05) is 6.07 Å². The second-order valence-electron chi connectivity index (χ2n) is 5.35. The first-order chi connectivity index (χ1) is 11.1. The molecule has 1 aliphatic rings. The van der Waals surface area contributed by atoms with Crippen LogP contribution in [-0.2, 0) is 12.8 Å². The molecule has 114 valence electrons. The Kier molecular flexibility index (Phi) is 2.87. The van der Waals surface area contributed by atoms with Crippen LogP contribution < -0.4 is 0 Å². The first-order valence-electron chi connectivity index (χ1n) is 7.15. The van der Waals surface area contributed by atoms with E-state index in [2.05, 4.69) is 10.1 Å². The summed E-state index contributed by atoms with van der Waals surface area (Å²) in [6.07, 6.45) is 2.76. The Labute approximate surface area is 131 Å². The number of nitrogens with zero attached hydrogens (tertiary/aromatic N) is 4. The molecule has 0 atom stereocenters. The number of aryl methyl sites for hydroxylation is 2. The maximum atomic E-state index is 10.7. The first-order valence-corrected chi connectivity index (χ1v) is 7.15. The van der Waals surface area contributed by atoms with Gasteiger partial charge >= 0.3 is 0 Å². The number of hydrogen-bond donors (Lipinski definition) is 1. The third kappa shape index (κ3) is 2.05. The minimum absolute atomic E-state index is 0.00787. The Morgan fingerprint density at radius 3 is 2.74 bits per heavy atom. The molecule has 1 aromatic carbocycles. The van der Waals surface area contributed by atoms with E-state index < -0.39 is 4.92 Å². The van der Waals surface area contributed by atoms with Crippen molar-refractivity contribution in [1.29, 1.82) is 0 Å². The zero-order valence-electron chi connectivity index (χ0n) is 12.0. The minimum Gasteiger partial charge on any atom is -0.493 e. The Morgan fingerprint density at radius 1 is 1.17 bits per heavy atom.